The Morgan fingerprint density at radius 2 is 2.02 bits per heavy atom. The molecular formula is C32H34F2N6O3. The van der Waals surface area contributed by atoms with Crippen molar-refractivity contribution in [2.24, 2.45) is 4.99 Å². The van der Waals surface area contributed by atoms with Crippen LogP contribution in [0.25, 0.3) is 28.0 Å². The number of fused-ring (bicyclic) bond motifs is 3. The molecule has 4 heterocycles. The minimum Gasteiger partial charge on any atom is -0.493 e. The number of hydrogen-bond acceptors (Lipinski definition) is 7. The van der Waals surface area contributed by atoms with E-state index in [1.807, 2.05) is 18.7 Å². The van der Waals surface area contributed by atoms with Crippen molar-refractivity contribution in [2.75, 3.05) is 31.1 Å². The number of halogens is 2. The average molecular weight is 589 g/mol. The first kappa shape index (κ1) is 29.8. The molecule has 5 rings (SSSR count). The first-order chi connectivity index (χ1) is 20.8. The van der Waals surface area contributed by atoms with Gasteiger partial charge in [-0.1, -0.05) is 19.6 Å². The van der Waals surface area contributed by atoms with Crippen molar-refractivity contribution < 1.29 is 18.3 Å². The van der Waals surface area contributed by atoms with Crippen LogP contribution in [0, 0.1) is 11.6 Å². The summed E-state index contributed by atoms with van der Waals surface area (Å²) in [4.78, 5) is 42.8. The summed E-state index contributed by atoms with van der Waals surface area (Å²) in [5, 5.41) is 0.293. The number of benzene rings is 1. The predicted octanol–water partition coefficient (Wildman–Crippen LogP) is 5.36. The van der Waals surface area contributed by atoms with Gasteiger partial charge < -0.3 is 14.5 Å². The van der Waals surface area contributed by atoms with Crippen LogP contribution in [0.3, 0.4) is 0 Å². The summed E-state index contributed by atoms with van der Waals surface area (Å²) in [6.45, 7) is 12.3. The second-order valence-corrected chi connectivity index (χ2v) is 10.5. The van der Waals surface area contributed by atoms with E-state index < -0.39 is 17.3 Å². The van der Waals surface area contributed by atoms with Gasteiger partial charge in [0.1, 0.15) is 23.1 Å². The number of aromatic nitrogens is 3. The predicted molar refractivity (Wildman–Crippen MR) is 164 cm³/mol. The van der Waals surface area contributed by atoms with Crippen LogP contribution < -0.4 is 15.3 Å². The van der Waals surface area contributed by atoms with Gasteiger partial charge >= 0.3 is 5.69 Å². The Hall–Kier alpha value is -4.67. The molecule has 11 heteroatoms. The van der Waals surface area contributed by atoms with Crippen molar-refractivity contribution in [3.05, 3.63) is 76.9 Å². The van der Waals surface area contributed by atoms with E-state index >= 15 is 8.78 Å². The van der Waals surface area contributed by atoms with Crippen LogP contribution in [-0.4, -0.2) is 64.3 Å². The first-order valence-electron chi connectivity index (χ1n) is 14.4. The maximum absolute atomic E-state index is 16.1. The Labute approximate surface area is 248 Å². The van der Waals surface area contributed by atoms with Crippen LogP contribution in [0.15, 0.2) is 64.6 Å². The van der Waals surface area contributed by atoms with Crippen LogP contribution in [0.5, 0.6) is 5.75 Å². The van der Waals surface area contributed by atoms with E-state index in [-0.39, 0.29) is 47.0 Å². The fourth-order valence-electron chi connectivity index (χ4n) is 5.79. The minimum atomic E-state index is -0.781. The standard InChI is InChI=1S/C32H34F2N6O3/c1-5-25-21(13-14-35-4)10-7-8-17-43-26-12-9-11-23(33)28(26)29-24(34)18-22-30(37-32(42)40(25)31(22)36-29)39-16-15-38(19-20(39)3)27(41)6-2/h6,9,11-14,18,20H,2,4-5,7-8,10,15-17,19H2,1,3H3/b14-13-,25-21?/t20-/m0/s1. The third-order valence-corrected chi connectivity index (χ3v) is 7.85. The Balaban J connectivity index is 1.83. The number of rotatable bonds is 5. The summed E-state index contributed by atoms with van der Waals surface area (Å²) in [7, 11) is 0. The highest BCUT2D eigenvalue weighted by Crippen LogP contribution is 2.37. The van der Waals surface area contributed by atoms with Gasteiger partial charge in [0.25, 0.3) is 0 Å². The van der Waals surface area contributed by atoms with Crippen molar-refractivity contribution in [2.45, 2.75) is 45.6 Å². The second kappa shape index (κ2) is 12.7. The fraction of sp³-hybridized carbons (Fsp3) is 0.344. The Kier molecular flexibility index (Phi) is 8.79. The molecule has 0 unspecified atom stereocenters. The molecule has 2 aromatic heterocycles. The summed E-state index contributed by atoms with van der Waals surface area (Å²) >= 11 is 0. The van der Waals surface area contributed by atoms with Crippen molar-refractivity contribution in [3.8, 4) is 17.0 Å². The zero-order valence-electron chi connectivity index (χ0n) is 24.4. The molecule has 0 aliphatic carbocycles. The number of allylic oxidation sites excluding steroid dienone is 3. The number of ether oxygens (including phenoxy) is 1. The van der Waals surface area contributed by atoms with Gasteiger partial charge in [-0.05, 0) is 75.2 Å². The van der Waals surface area contributed by atoms with Gasteiger partial charge in [0.2, 0.25) is 5.91 Å². The lowest BCUT2D eigenvalue weighted by molar-refractivity contribution is -0.126. The molecule has 43 heavy (non-hydrogen) atoms. The number of pyridine rings is 1. The zero-order chi connectivity index (χ0) is 30.7. The highest BCUT2D eigenvalue weighted by Gasteiger charge is 2.31. The van der Waals surface area contributed by atoms with Crippen molar-refractivity contribution in [1.29, 1.82) is 0 Å². The van der Waals surface area contributed by atoms with Crippen LogP contribution in [-0.2, 0) is 4.79 Å². The molecule has 0 spiro atoms. The molecule has 1 aromatic carbocycles. The average Bonchev–Trinajstić information content (AvgIpc) is 3.00. The smallest absolute Gasteiger partial charge is 0.355 e. The number of carbonyl (C=O) groups excluding carboxylic acids is 1. The van der Waals surface area contributed by atoms with Crippen LogP contribution in [0.1, 0.15) is 39.5 Å². The molecule has 1 amide bonds. The number of anilines is 1. The molecule has 1 atom stereocenters. The molecule has 2 aliphatic rings. The lowest BCUT2D eigenvalue weighted by Gasteiger charge is -2.40. The molecule has 2 aliphatic heterocycles. The van der Waals surface area contributed by atoms with E-state index in [0.717, 1.165) is 5.57 Å². The number of amides is 1. The second-order valence-electron chi connectivity index (χ2n) is 10.5. The van der Waals surface area contributed by atoms with Crippen molar-refractivity contribution >= 4 is 35.2 Å². The van der Waals surface area contributed by atoms with E-state index in [9.17, 15) is 9.59 Å². The molecule has 2 bridgehead atoms. The van der Waals surface area contributed by atoms with Crippen molar-refractivity contribution in [1.82, 2.24) is 19.4 Å². The van der Waals surface area contributed by atoms with Gasteiger partial charge in [-0.3, -0.25) is 9.79 Å². The fourth-order valence-corrected chi connectivity index (χ4v) is 5.79. The molecular weight excluding hydrogens is 554 g/mol. The molecule has 0 radical (unpaired) electrons. The highest BCUT2D eigenvalue weighted by molar-refractivity contribution is 5.92. The topological polar surface area (TPSA) is 92.9 Å². The number of carbonyl (C=O) groups is 1. The van der Waals surface area contributed by atoms with E-state index in [1.54, 1.807) is 23.2 Å². The number of hydrogen-bond donors (Lipinski definition) is 0. The summed E-state index contributed by atoms with van der Waals surface area (Å²) < 4.78 is 38.7. The lowest BCUT2D eigenvalue weighted by atomic mass is 10.0. The SMILES string of the molecule is C=CC(=O)N1CCN(c2nc(=O)n3c4nc(c(F)cc24)-c2c(F)cccc2OCCCCC(/C=C\N=C)=C3CC)[C@@H](C)C1. The first-order valence-corrected chi connectivity index (χ1v) is 14.4. The Bertz CT molecular complexity index is 1710. The summed E-state index contributed by atoms with van der Waals surface area (Å²) in [6, 6.07) is 5.33. The summed E-state index contributed by atoms with van der Waals surface area (Å²) in [5.41, 5.74) is 0.626. The molecule has 0 saturated carbocycles. The summed E-state index contributed by atoms with van der Waals surface area (Å²) in [5.74, 6) is -1.24. The molecule has 1 saturated heterocycles. The van der Waals surface area contributed by atoms with Crippen LogP contribution in [0.2, 0.25) is 0 Å². The third-order valence-electron chi connectivity index (χ3n) is 7.85. The number of piperazine rings is 1. The van der Waals surface area contributed by atoms with Crippen LogP contribution >= 0.6 is 0 Å². The zero-order valence-corrected chi connectivity index (χ0v) is 24.4. The molecule has 9 nitrogen and oxygen atoms in total. The maximum atomic E-state index is 16.1. The lowest BCUT2D eigenvalue weighted by Crippen LogP contribution is -2.54. The Morgan fingerprint density at radius 1 is 1.21 bits per heavy atom. The van der Waals surface area contributed by atoms with Gasteiger partial charge in [0, 0.05) is 37.6 Å². The van der Waals surface area contributed by atoms with Gasteiger partial charge in [0.15, 0.2) is 11.5 Å². The van der Waals surface area contributed by atoms with E-state index in [2.05, 4.69) is 28.3 Å². The normalized spacial score (nSPS) is 17.7. The van der Waals surface area contributed by atoms with Gasteiger partial charge in [-0.2, -0.15) is 4.98 Å². The highest BCUT2D eigenvalue weighted by atomic mass is 19.1. The minimum absolute atomic E-state index is 0.110. The van der Waals surface area contributed by atoms with Gasteiger partial charge in [0.05, 0.1) is 17.6 Å². The Morgan fingerprint density at radius 3 is 2.74 bits per heavy atom. The van der Waals surface area contributed by atoms with E-state index in [4.69, 9.17) is 4.74 Å². The monoisotopic (exact) mass is 588 g/mol. The number of nitrogens with zero attached hydrogens (tertiary/aromatic N) is 6. The van der Waals surface area contributed by atoms with Gasteiger partial charge in [-0.15, -0.1) is 0 Å². The maximum Gasteiger partial charge on any atom is 0.355 e. The van der Waals surface area contributed by atoms with E-state index in [0.29, 0.717) is 56.4 Å². The molecule has 3 aromatic rings. The summed E-state index contributed by atoms with van der Waals surface area (Å²) in [6.07, 6.45) is 7.00. The van der Waals surface area contributed by atoms with Crippen molar-refractivity contribution in [3.63, 3.8) is 0 Å². The quantitative estimate of drug-likeness (QED) is 0.295. The number of aliphatic imine (C=N–C) groups is 1. The van der Waals surface area contributed by atoms with E-state index in [1.165, 1.54) is 28.8 Å². The third kappa shape index (κ3) is 5.71. The van der Waals surface area contributed by atoms with Crippen LogP contribution in [0.4, 0.5) is 14.6 Å². The largest absolute Gasteiger partial charge is 0.493 e. The molecule has 0 N–H and O–H groups in total. The molecule has 224 valence electrons. The van der Waals surface area contributed by atoms with Gasteiger partial charge in [-0.25, -0.2) is 23.1 Å². The molecule has 1 fully saturated rings.